The van der Waals surface area contributed by atoms with Crippen LogP contribution in [0, 0.1) is 5.41 Å². The third-order valence-corrected chi connectivity index (χ3v) is 7.39. The van der Waals surface area contributed by atoms with Crippen molar-refractivity contribution in [3.05, 3.63) is 35.4 Å². The number of ether oxygens (including phenoxy) is 1. The molecule has 1 unspecified atom stereocenters. The van der Waals surface area contributed by atoms with Gasteiger partial charge >= 0.3 is 5.97 Å². The van der Waals surface area contributed by atoms with Crippen LogP contribution < -0.4 is 5.32 Å². The van der Waals surface area contributed by atoms with E-state index in [1.54, 1.807) is 0 Å². The molecule has 1 atom stereocenters. The van der Waals surface area contributed by atoms with E-state index in [0.29, 0.717) is 12.0 Å². The van der Waals surface area contributed by atoms with Gasteiger partial charge in [-0.2, -0.15) is 0 Å². The monoisotopic (exact) mass is 504 g/mol. The number of hydrogen-bond donors (Lipinski definition) is 1. The third-order valence-electron chi connectivity index (χ3n) is 7.39. The number of carbonyl (C=O) groups is 2. The van der Waals surface area contributed by atoms with Gasteiger partial charge in [0.15, 0.2) is 0 Å². The number of amides is 1. The Bertz CT molecular complexity index is 804. The van der Waals surface area contributed by atoms with Crippen LogP contribution in [0.15, 0.2) is 24.3 Å². The molecule has 0 aliphatic rings. The van der Waals surface area contributed by atoms with Crippen LogP contribution in [0.5, 0.6) is 0 Å². The predicted octanol–water partition coefficient (Wildman–Crippen LogP) is 5.31. The number of quaternary nitrogens is 1. The standard InChI is InChI=1S/C30H54N3O3/c1-10-19-31-20-13-22-33(7,8)24-29(4,5)18-21-32(27(34)11-2)30(6,12-3)23-25-14-16-26(17-15-25)28(35)36-9/h14-17,31H,10-13,18-24H2,1-9H3/q+1. The molecule has 1 aromatic carbocycles. The maximum Gasteiger partial charge on any atom is 0.337 e. The van der Waals surface area contributed by atoms with E-state index in [9.17, 15) is 9.59 Å². The zero-order valence-corrected chi connectivity index (χ0v) is 24.7. The van der Waals surface area contributed by atoms with Gasteiger partial charge in [0.2, 0.25) is 5.91 Å². The van der Waals surface area contributed by atoms with Gasteiger partial charge in [0.1, 0.15) is 0 Å². The molecule has 36 heavy (non-hydrogen) atoms. The van der Waals surface area contributed by atoms with Crippen LogP contribution in [0.25, 0.3) is 0 Å². The molecule has 0 fully saturated rings. The first-order valence-corrected chi connectivity index (χ1v) is 13.8. The van der Waals surface area contributed by atoms with Crippen molar-refractivity contribution in [1.82, 2.24) is 10.2 Å². The lowest BCUT2D eigenvalue weighted by Gasteiger charge is -2.44. The molecule has 0 heterocycles. The summed E-state index contributed by atoms with van der Waals surface area (Å²) in [6.07, 6.45) is 5.43. The van der Waals surface area contributed by atoms with Crippen molar-refractivity contribution in [2.75, 3.05) is 53.9 Å². The van der Waals surface area contributed by atoms with E-state index in [1.165, 1.54) is 20.0 Å². The van der Waals surface area contributed by atoms with Crippen molar-refractivity contribution >= 4 is 11.9 Å². The van der Waals surface area contributed by atoms with Gasteiger partial charge in [-0.3, -0.25) is 4.79 Å². The van der Waals surface area contributed by atoms with Crippen molar-refractivity contribution in [3.8, 4) is 0 Å². The summed E-state index contributed by atoms with van der Waals surface area (Å²) >= 11 is 0. The number of hydrogen-bond acceptors (Lipinski definition) is 4. The highest BCUT2D eigenvalue weighted by atomic mass is 16.5. The van der Waals surface area contributed by atoms with Gasteiger partial charge in [0.05, 0.1) is 39.9 Å². The van der Waals surface area contributed by atoms with Crippen LogP contribution >= 0.6 is 0 Å². The molecule has 0 aromatic heterocycles. The molecule has 6 heteroatoms. The molecule has 0 saturated heterocycles. The fraction of sp³-hybridized carbons (Fsp3) is 0.733. The van der Waals surface area contributed by atoms with Crippen molar-refractivity contribution in [2.45, 2.75) is 85.6 Å². The number of rotatable bonds is 17. The van der Waals surface area contributed by atoms with Crippen LogP contribution in [-0.2, 0) is 16.0 Å². The number of nitrogens with one attached hydrogen (secondary N) is 1. The van der Waals surface area contributed by atoms with E-state index in [0.717, 1.165) is 62.0 Å². The maximum atomic E-state index is 13.2. The van der Waals surface area contributed by atoms with Gasteiger partial charge in [-0.15, -0.1) is 0 Å². The normalized spacial score (nSPS) is 13.8. The second-order valence-electron chi connectivity index (χ2n) is 11.9. The summed E-state index contributed by atoms with van der Waals surface area (Å²) in [5, 5.41) is 3.51. The highest BCUT2D eigenvalue weighted by Gasteiger charge is 2.36. The first-order chi connectivity index (χ1) is 16.8. The molecular weight excluding hydrogens is 450 g/mol. The Morgan fingerprint density at radius 1 is 1.03 bits per heavy atom. The van der Waals surface area contributed by atoms with Crippen LogP contribution in [-0.4, -0.2) is 80.7 Å². The molecule has 1 amide bonds. The van der Waals surface area contributed by atoms with Crippen molar-refractivity contribution in [3.63, 3.8) is 0 Å². The molecule has 0 aliphatic heterocycles. The quantitative estimate of drug-likeness (QED) is 0.178. The van der Waals surface area contributed by atoms with Crippen LogP contribution in [0.3, 0.4) is 0 Å². The lowest BCUT2D eigenvalue weighted by molar-refractivity contribution is -0.896. The second kappa shape index (κ2) is 14.7. The minimum atomic E-state index is -0.330. The number of nitrogens with zero attached hydrogens (tertiary/aromatic N) is 2. The number of esters is 1. The zero-order chi connectivity index (χ0) is 27.4. The molecule has 0 radical (unpaired) electrons. The summed E-state index contributed by atoms with van der Waals surface area (Å²) in [6, 6.07) is 7.58. The second-order valence-corrected chi connectivity index (χ2v) is 11.9. The first kappa shape index (κ1) is 32.1. The largest absolute Gasteiger partial charge is 0.465 e. The summed E-state index contributed by atoms with van der Waals surface area (Å²) in [7, 11) is 6.04. The number of methoxy groups -OCH3 is 1. The number of carbonyl (C=O) groups excluding carboxylic acids is 2. The molecule has 1 N–H and O–H groups in total. The van der Waals surface area contributed by atoms with Gasteiger partial charge < -0.3 is 19.4 Å². The van der Waals surface area contributed by atoms with E-state index in [4.69, 9.17) is 4.74 Å². The fourth-order valence-corrected chi connectivity index (χ4v) is 5.28. The fourth-order valence-electron chi connectivity index (χ4n) is 5.28. The average Bonchev–Trinajstić information content (AvgIpc) is 2.82. The molecule has 0 bridgehead atoms. The third kappa shape index (κ3) is 10.6. The van der Waals surface area contributed by atoms with Crippen LogP contribution in [0.1, 0.15) is 89.6 Å². The van der Waals surface area contributed by atoms with Crippen LogP contribution in [0.2, 0.25) is 0 Å². The molecule has 6 nitrogen and oxygen atoms in total. The zero-order valence-electron chi connectivity index (χ0n) is 24.7. The highest BCUT2D eigenvalue weighted by molar-refractivity contribution is 5.89. The Morgan fingerprint density at radius 2 is 1.67 bits per heavy atom. The maximum absolute atomic E-state index is 13.2. The summed E-state index contributed by atoms with van der Waals surface area (Å²) in [6.45, 7) is 18.3. The molecular formula is C30H54N3O3+. The Balaban J connectivity index is 2.90. The van der Waals surface area contributed by atoms with Gasteiger partial charge in [-0.05, 0) is 56.8 Å². The van der Waals surface area contributed by atoms with Crippen LogP contribution in [0.4, 0.5) is 0 Å². The summed E-state index contributed by atoms with van der Waals surface area (Å²) in [4.78, 5) is 27.1. The Kier molecular flexibility index (Phi) is 13.1. The van der Waals surface area contributed by atoms with E-state index in [2.05, 4.69) is 58.9 Å². The van der Waals surface area contributed by atoms with Crippen molar-refractivity contribution in [1.29, 1.82) is 0 Å². The first-order valence-electron chi connectivity index (χ1n) is 13.8. The molecule has 0 spiro atoms. The molecule has 0 saturated carbocycles. The smallest absolute Gasteiger partial charge is 0.337 e. The minimum absolute atomic E-state index is 0.115. The lowest BCUT2D eigenvalue weighted by atomic mass is 9.84. The van der Waals surface area contributed by atoms with Gasteiger partial charge in [-0.1, -0.05) is 46.8 Å². The Hall–Kier alpha value is -1.92. The molecule has 1 rings (SSSR count). The average molecular weight is 505 g/mol. The summed E-state index contributed by atoms with van der Waals surface area (Å²) in [5.41, 5.74) is 1.49. The predicted molar refractivity (Wildman–Crippen MR) is 150 cm³/mol. The van der Waals surface area contributed by atoms with Crippen molar-refractivity contribution in [2.24, 2.45) is 5.41 Å². The summed E-state index contributed by atoms with van der Waals surface area (Å²) < 4.78 is 5.81. The van der Waals surface area contributed by atoms with Gasteiger partial charge in [0, 0.05) is 36.9 Å². The van der Waals surface area contributed by atoms with E-state index >= 15 is 0 Å². The van der Waals surface area contributed by atoms with E-state index < -0.39 is 0 Å². The van der Waals surface area contributed by atoms with E-state index in [-0.39, 0.29) is 22.8 Å². The minimum Gasteiger partial charge on any atom is -0.465 e. The lowest BCUT2D eigenvalue weighted by Crippen LogP contribution is -2.53. The summed E-state index contributed by atoms with van der Waals surface area (Å²) in [5.74, 6) is -0.125. The highest BCUT2D eigenvalue weighted by Crippen LogP contribution is 2.30. The Labute approximate surface area is 221 Å². The molecule has 206 valence electrons. The van der Waals surface area contributed by atoms with Crippen molar-refractivity contribution < 1.29 is 18.8 Å². The number of benzene rings is 1. The Morgan fingerprint density at radius 3 is 2.19 bits per heavy atom. The topological polar surface area (TPSA) is 58.6 Å². The molecule has 1 aromatic rings. The van der Waals surface area contributed by atoms with Gasteiger partial charge in [-0.25, -0.2) is 4.79 Å². The van der Waals surface area contributed by atoms with Gasteiger partial charge in [0.25, 0.3) is 0 Å². The molecule has 0 aliphatic carbocycles. The SMILES string of the molecule is CCCNCCC[N+](C)(C)CC(C)(C)CCN(C(=O)CC)C(C)(CC)Cc1ccc(C(=O)OC)cc1. The van der Waals surface area contributed by atoms with E-state index in [1.807, 2.05) is 31.2 Å².